The Morgan fingerprint density at radius 2 is 2.00 bits per heavy atom. The molecule has 2 aromatic rings. The molecule has 0 aliphatic heterocycles. The summed E-state index contributed by atoms with van der Waals surface area (Å²) in [5, 5.41) is 15.9. The molecule has 1 fully saturated rings. The summed E-state index contributed by atoms with van der Waals surface area (Å²) in [6.07, 6.45) is 8.91. The van der Waals surface area contributed by atoms with Crippen molar-refractivity contribution in [3.63, 3.8) is 0 Å². The number of benzene rings is 2. The zero-order valence-corrected chi connectivity index (χ0v) is 17.4. The van der Waals surface area contributed by atoms with E-state index >= 15 is 0 Å². The Bertz CT molecular complexity index is 962. The Morgan fingerprint density at radius 1 is 1.19 bits per heavy atom. The minimum absolute atomic E-state index is 0.0497. The molecule has 0 heterocycles. The van der Waals surface area contributed by atoms with Gasteiger partial charge in [0.05, 0.1) is 0 Å². The molecule has 2 aliphatic rings. The van der Waals surface area contributed by atoms with Crippen LogP contribution in [0.4, 0.5) is 4.39 Å². The first-order chi connectivity index (χ1) is 13.2. The summed E-state index contributed by atoms with van der Waals surface area (Å²) in [5.74, 6) is 0.804. The van der Waals surface area contributed by atoms with Crippen LogP contribution in [-0.4, -0.2) is 15.9 Å². The van der Waals surface area contributed by atoms with Gasteiger partial charge in [0.2, 0.25) is 0 Å². The Morgan fingerprint density at radius 3 is 2.81 bits per heavy atom. The van der Waals surface area contributed by atoms with Crippen LogP contribution in [0.15, 0.2) is 78.2 Å². The van der Waals surface area contributed by atoms with Gasteiger partial charge in [0.15, 0.2) is 0 Å². The van der Waals surface area contributed by atoms with E-state index in [0.717, 1.165) is 12.0 Å². The average Bonchev–Trinajstić information content (AvgIpc) is 3.50. The Hall–Kier alpha value is -1.72. The topological polar surface area (TPSA) is 32.3 Å². The molecule has 4 rings (SSSR count). The van der Waals surface area contributed by atoms with E-state index in [2.05, 4.69) is 41.7 Å². The molecule has 0 saturated heterocycles. The second kappa shape index (κ2) is 8.11. The molecule has 0 bridgehead atoms. The van der Waals surface area contributed by atoms with Crippen LogP contribution < -0.4 is 5.32 Å². The molecule has 2 N–H and O–H groups in total. The quantitative estimate of drug-likeness (QED) is 0.568. The fraction of sp³-hybridized carbons (Fsp3) is 0.261. The summed E-state index contributed by atoms with van der Waals surface area (Å²) >= 11 is 1.87. The maximum atomic E-state index is 13.4. The third kappa shape index (κ3) is 4.24. The first kappa shape index (κ1) is 18.6. The van der Waals surface area contributed by atoms with E-state index in [0.29, 0.717) is 18.3 Å². The molecule has 2 aromatic carbocycles. The second-order valence-corrected chi connectivity index (χ2v) is 8.52. The molecule has 2 aliphatic carbocycles. The van der Waals surface area contributed by atoms with E-state index in [1.807, 2.05) is 42.4 Å². The SMILES string of the molecule is OCC(N[C](=[Os])C1CC1C1=CC=C(F)CC=C1)c1ccc2ccccc2c1. The van der Waals surface area contributed by atoms with Crippen LogP contribution in [0.2, 0.25) is 0 Å². The van der Waals surface area contributed by atoms with Crippen LogP contribution in [-0.2, 0) is 18.1 Å². The van der Waals surface area contributed by atoms with Gasteiger partial charge in [-0.2, -0.15) is 0 Å². The molecule has 3 atom stereocenters. The van der Waals surface area contributed by atoms with Gasteiger partial charge >= 0.3 is 169 Å². The molecular weight excluding hydrogens is 515 g/mol. The van der Waals surface area contributed by atoms with E-state index < -0.39 is 0 Å². The van der Waals surface area contributed by atoms with E-state index in [9.17, 15) is 9.50 Å². The molecule has 0 aromatic heterocycles. The molecule has 1 saturated carbocycles. The van der Waals surface area contributed by atoms with Crippen LogP contribution in [0.3, 0.4) is 0 Å². The third-order valence-electron chi connectivity index (χ3n) is 5.28. The van der Waals surface area contributed by atoms with Crippen molar-refractivity contribution in [2.75, 3.05) is 6.61 Å². The van der Waals surface area contributed by atoms with Crippen LogP contribution in [0, 0.1) is 11.8 Å². The fourth-order valence-corrected chi connectivity index (χ4v) is 4.88. The normalized spacial score (nSPS) is 22.8. The molecule has 4 heteroatoms. The number of rotatable bonds is 6. The van der Waals surface area contributed by atoms with Crippen molar-refractivity contribution in [2.24, 2.45) is 11.8 Å². The van der Waals surface area contributed by atoms with Crippen molar-refractivity contribution in [3.05, 3.63) is 83.7 Å². The molecule has 0 spiro atoms. The zero-order chi connectivity index (χ0) is 18.8. The van der Waals surface area contributed by atoms with Crippen LogP contribution in [0.25, 0.3) is 10.8 Å². The summed E-state index contributed by atoms with van der Waals surface area (Å²) < 4.78 is 14.6. The van der Waals surface area contributed by atoms with E-state index in [1.54, 1.807) is 6.08 Å². The number of fused-ring (bicyclic) bond motifs is 1. The van der Waals surface area contributed by atoms with Crippen molar-refractivity contribution in [1.29, 1.82) is 0 Å². The monoisotopic (exact) mass is 539 g/mol. The van der Waals surface area contributed by atoms with Crippen molar-refractivity contribution in [1.82, 2.24) is 5.32 Å². The van der Waals surface area contributed by atoms with Gasteiger partial charge in [0, 0.05) is 0 Å². The molecule has 27 heavy (non-hydrogen) atoms. The number of aliphatic hydroxyl groups excluding tert-OH is 1. The van der Waals surface area contributed by atoms with Gasteiger partial charge in [-0.25, -0.2) is 0 Å². The van der Waals surface area contributed by atoms with Gasteiger partial charge in [-0.3, -0.25) is 0 Å². The van der Waals surface area contributed by atoms with E-state index in [4.69, 9.17) is 0 Å². The fourth-order valence-electron chi connectivity index (χ4n) is 3.63. The summed E-state index contributed by atoms with van der Waals surface area (Å²) in [6, 6.07) is 14.5. The molecule has 0 amide bonds. The molecule has 140 valence electrons. The van der Waals surface area contributed by atoms with Gasteiger partial charge in [-0.1, -0.05) is 0 Å². The first-order valence-electron chi connectivity index (χ1n) is 9.25. The predicted molar refractivity (Wildman–Crippen MR) is 105 cm³/mol. The summed E-state index contributed by atoms with van der Waals surface area (Å²) in [4.78, 5) is 0. The van der Waals surface area contributed by atoms with Crippen molar-refractivity contribution in [2.45, 2.75) is 18.9 Å². The van der Waals surface area contributed by atoms with Gasteiger partial charge in [0.1, 0.15) is 0 Å². The zero-order valence-electron chi connectivity index (χ0n) is 14.9. The molecule has 2 nitrogen and oxygen atoms in total. The van der Waals surface area contributed by atoms with E-state index in [1.165, 1.54) is 20.5 Å². The Labute approximate surface area is 168 Å². The minimum atomic E-state index is -0.112. The molecule has 3 unspecified atom stereocenters. The summed E-state index contributed by atoms with van der Waals surface area (Å²) in [7, 11) is 0. The standard InChI is InChI=1S/C23H22FNO.Os/c24-21-7-3-6-17(10-11-21)22-13-20(22)14-25-23(15-26)19-9-8-16-4-1-2-5-18(16)12-19;/h1-6,8-12,20,22-23,25-26H,7,13,15H2;. The second-order valence-electron chi connectivity index (χ2n) is 7.16. The predicted octanol–water partition coefficient (Wildman–Crippen LogP) is 4.52. The first-order valence-corrected chi connectivity index (χ1v) is 10.5. The van der Waals surface area contributed by atoms with Gasteiger partial charge in [-0.05, 0) is 0 Å². The summed E-state index contributed by atoms with van der Waals surface area (Å²) in [5.41, 5.74) is 2.29. The number of allylic oxidation sites excluding steroid dienone is 6. The number of hydrogen-bond donors (Lipinski definition) is 2. The number of halogens is 1. The maximum absolute atomic E-state index is 13.4. The number of aliphatic hydroxyl groups is 1. The van der Waals surface area contributed by atoms with Crippen LogP contribution in [0.5, 0.6) is 0 Å². The van der Waals surface area contributed by atoms with Crippen molar-refractivity contribution in [3.8, 4) is 0 Å². The molecular formula is C23H22FNOOs. The van der Waals surface area contributed by atoms with Gasteiger partial charge < -0.3 is 0 Å². The van der Waals surface area contributed by atoms with E-state index in [-0.39, 0.29) is 18.5 Å². The summed E-state index contributed by atoms with van der Waals surface area (Å²) in [6.45, 7) is 0.0497. The van der Waals surface area contributed by atoms with Gasteiger partial charge in [0.25, 0.3) is 0 Å². The van der Waals surface area contributed by atoms with Gasteiger partial charge in [-0.15, -0.1) is 0 Å². The average molecular weight is 538 g/mol. The number of nitrogens with one attached hydrogen (secondary N) is 1. The number of hydrogen-bond acceptors (Lipinski definition) is 2. The van der Waals surface area contributed by atoms with Crippen LogP contribution in [0.1, 0.15) is 24.4 Å². The molecule has 0 radical (unpaired) electrons. The Kier molecular flexibility index (Phi) is 5.59. The van der Waals surface area contributed by atoms with Crippen LogP contribution >= 0.6 is 0 Å². The van der Waals surface area contributed by atoms with Crippen molar-refractivity contribution < 1.29 is 27.6 Å². The third-order valence-corrected chi connectivity index (χ3v) is 6.59. The Balaban J connectivity index is 1.45. The van der Waals surface area contributed by atoms with Crippen molar-refractivity contribution >= 4 is 15.0 Å².